The molecule has 0 spiro atoms. The molecular weight excluding hydrogens is 354 g/mol. The van der Waals surface area contributed by atoms with E-state index in [-0.39, 0.29) is 11.7 Å². The molecule has 1 aromatic carbocycles. The van der Waals surface area contributed by atoms with Crippen molar-refractivity contribution in [2.24, 2.45) is 0 Å². The molecule has 23 heavy (non-hydrogen) atoms. The van der Waals surface area contributed by atoms with Gasteiger partial charge in [-0.15, -0.1) is 10.2 Å². The van der Waals surface area contributed by atoms with Gasteiger partial charge in [-0.2, -0.15) is 0 Å². The quantitative estimate of drug-likeness (QED) is 0.713. The molecule has 0 aliphatic heterocycles. The number of thioether (sulfide) groups is 2. The monoisotopic (exact) mass is 371 g/mol. The Balaban J connectivity index is 1.91. The maximum absolute atomic E-state index is 12.1. The van der Waals surface area contributed by atoms with Crippen LogP contribution in [0, 0.1) is 0 Å². The van der Waals surface area contributed by atoms with E-state index >= 15 is 0 Å². The Morgan fingerprint density at radius 3 is 2.30 bits per heavy atom. The van der Waals surface area contributed by atoms with E-state index in [4.69, 9.17) is 9.47 Å². The van der Waals surface area contributed by atoms with E-state index in [1.165, 1.54) is 23.1 Å². The molecule has 0 aliphatic rings. The van der Waals surface area contributed by atoms with Gasteiger partial charge < -0.3 is 14.8 Å². The molecule has 0 unspecified atom stereocenters. The fourth-order valence-corrected chi connectivity index (χ4v) is 4.36. The molecule has 0 radical (unpaired) electrons. The Bertz CT molecular complexity index is 641. The fraction of sp³-hybridized carbons (Fsp3) is 0.357. The van der Waals surface area contributed by atoms with Crippen LogP contribution in [0.15, 0.2) is 26.9 Å². The molecule has 1 N–H and O–H groups in total. The standard InChI is InChI=1S/C14H17N3O3S3/c1-4-21-13-16-17-14(23-13)22-8-12(18)15-9-5-10(19-2)7-11(6-9)20-3/h5-7H,4,8H2,1-3H3,(H,15,18). The SMILES string of the molecule is CCSc1nnc(SCC(=O)Nc2cc(OC)cc(OC)c2)s1. The molecule has 1 heterocycles. The molecule has 6 nitrogen and oxygen atoms in total. The second kappa shape index (κ2) is 8.99. The van der Waals surface area contributed by atoms with Gasteiger partial charge >= 0.3 is 0 Å². The molecule has 0 bridgehead atoms. The first-order valence-corrected chi connectivity index (χ1v) is 9.55. The second-order valence-corrected chi connectivity index (χ2v) is 7.92. The number of carbonyl (C=O) groups is 1. The predicted octanol–water partition coefficient (Wildman–Crippen LogP) is 3.40. The average molecular weight is 372 g/mol. The van der Waals surface area contributed by atoms with Crippen LogP contribution in [0.4, 0.5) is 5.69 Å². The van der Waals surface area contributed by atoms with Crippen molar-refractivity contribution >= 4 is 46.5 Å². The minimum Gasteiger partial charge on any atom is -0.497 e. The van der Waals surface area contributed by atoms with Gasteiger partial charge in [-0.1, -0.05) is 41.8 Å². The number of amides is 1. The van der Waals surface area contributed by atoms with Crippen molar-refractivity contribution in [2.75, 3.05) is 31.0 Å². The zero-order valence-electron chi connectivity index (χ0n) is 13.0. The zero-order chi connectivity index (χ0) is 16.7. The number of carbonyl (C=O) groups excluding carboxylic acids is 1. The Kier molecular flexibility index (Phi) is 7.00. The summed E-state index contributed by atoms with van der Waals surface area (Å²) in [4.78, 5) is 12.1. The number of benzene rings is 1. The van der Waals surface area contributed by atoms with Crippen molar-refractivity contribution < 1.29 is 14.3 Å². The topological polar surface area (TPSA) is 73.3 Å². The van der Waals surface area contributed by atoms with Gasteiger partial charge in [0.15, 0.2) is 8.68 Å². The summed E-state index contributed by atoms with van der Waals surface area (Å²) in [5, 5.41) is 10.9. The molecule has 0 atom stereocenters. The third kappa shape index (κ3) is 5.60. The van der Waals surface area contributed by atoms with Gasteiger partial charge in [-0.3, -0.25) is 4.79 Å². The van der Waals surface area contributed by atoms with Gasteiger partial charge in [0.1, 0.15) is 11.5 Å². The predicted molar refractivity (Wildman–Crippen MR) is 95.2 cm³/mol. The van der Waals surface area contributed by atoms with Crippen molar-refractivity contribution in [1.29, 1.82) is 0 Å². The van der Waals surface area contributed by atoms with Gasteiger partial charge in [0, 0.05) is 23.9 Å². The average Bonchev–Trinajstić information content (AvgIpc) is 3.00. The summed E-state index contributed by atoms with van der Waals surface area (Å²) < 4.78 is 12.1. The number of rotatable bonds is 8. The number of methoxy groups -OCH3 is 2. The van der Waals surface area contributed by atoms with E-state index in [0.29, 0.717) is 17.2 Å². The molecule has 2 rings (SSSR count). The van der Waals surface area contributed by atoms with Gasteiger partial charge in [-0.05, 0) is 5.75 Å². The highest BCUT2D eigenvalue weighted by Gasteiger charge is 2.10. The van der Waals surface area contributed by atoms with Crippen molar-refractivity contribution in [2.45, 2.75) is 15.6 Å². The van der Waals surface area contributed by atoms with E-state index in [2.05, 4.69) is 22.4 Å². The number of ether oxygens (including phenoxy) is 2. The largest absolute Gasteiger partial charge is 0.497 e. The van der Waals surface area contributed by atoms with E-state index < -0.39 is 0 Å². The lowest BCUT2D eigenvalue weighted by molar-refractivity contribution is -0.113. The summed E-state index contributed by atoms with van der Waals surface area (Å²) in [5.74, 6) is 2.35. The van der Waals surface area contributed by atoms with Crippen molar-refractivity contribution in [3.63, 3.8) is 0 Å². The van der Waals surface area contributed by atoms with Crippen LogP contribution in [0.1, 0.15) is 6.92 Å². The maximum atomic E-state index is 12.1. The first-order valence-electron chi connectivity index (χ1n) is 6.76. The zero-order valence-corrected chi connectivity index (χ0v) is 15.4. The van der Waals surface area contributed by atoms with Gasteiger partial charge in [-0.25, -0.2) is 0 Å². The number of aromatic nitrogens is 2. The van der Waals surface area contributed by atoms with Crippen LogP contribution in [0.5, 0.6) is 11.5 Å². The highest BCUT2D eigenvalue weighted by Crippen LogP contribution is 2.29. The third-order valence-electron chi connectivity index (χ3n) is 2.62. The molecule has 1 aromatic heterocycles. The van der Waals surface area contributed by atoms with Crippen LogP contribution in [0.25, 0.3) is 0 Å². The molecule has 0 saturated heterocycles. The summed E-state index contributed by atoms with van der Waals surface area (Å²) >= 11 is 4.52. The van der Waals surface area contributed by atoms with Crippen molar-refractivity contribution in [1.82, 2.24) is 10.2 Å². The Morgan fingerprint density at radius 2 is 1.74 bits per heavy atom. The van der Waals surface area contributed by atoms with Crippen LogP contribution < -0.4 is 14.8 Å². The summed E-state index contributed by atoms with van der Waals surface area (Å²) in [6, 6.07) is 5.23. The molecule has 9 heteroatoms. The maximum Gasteiger partial charge on any atom is 0.234 e. The van der Waals surface area contributed by atoms with E-state index in [1.54, 1.807) is 44.2 Å². The summed E-state index contributed by atoms with van der Waals surface area (Å²) in [7, 11) is 3.13. The molecule has 0 saturated carbocycles. The fourth-order valence-electron chi connectivity index (χ4n) is 1.64. The summed E-state index contributed by atoms with van der Waals surface area (Å²) in [5.41, 5.74) is 0.631. The lowest BCUT2D eigenvalue weighted by Gasteiger charge is -2.09. The molecule has 0 aliphatic carbocycles. The van der Waals surface area contributed by atoms with Crippen LogP contribution in [0.2, 0.25) is 0 Å². The summed E-state index contributed by atoms with van der Waals surface area (Å²) in [6.45, 7) is 2.06. The molecule has 124 valence electrons. The highest BCUT2D eigenvalue weighted by molar-refractivity contribution is 8.03. The number of nitrogens with one attached hydrogen (secondary N) is 1. The molecule has 1 amide bonds. The number of hydrogen-bond acceptors (Lipinski definition) is 8. The Hall–Kier alpha value is -1.45. The first-order chi connectivity index (χ1) is 11.1. The van der Waals surface area contributed by atoms with Crippen LogP contribution in [-0.2, 0) is 4.79 Å². The van der Waals surface area contributed by atoms with Gasteiger partial charge in [0.05, 0.1) is 20.0 Å². The number of hydrogen-bond donors (Lipinski definition) is 1. The van der Waals surface area contributed by atoms with Crippen LogP contribution >= 0.6 is 34.9 Å². The van der Waals surface area contributed by atoms with Crippen molar-refractivity contribution in [3.8, 4) is 11.5 Å². The Morgan fingerprint density at radius 1 is 1.13 bits per heavy atom. The third-order valence-corrected chi connectivity index (χ3v) is 5.69. The van der Waals surface area contributed by atoms with Crippen LogP contribution in [0.3, 0.4) is 0 Å². The minimum absolute atomic E-state index is 0.120. The highest BCUT2D eigenvalue weighted by atomic mass is 32.2. The van der Waals surface area contributed by atoms with Crippen molar-refractivity contribution in [3.05, 3.63) is 18.2 Å². The van der Waals surface area contributed by atoms with Gasteiger partial charge in [0.25, 0.3) is 0 Å². The Labute approximate surface area is 147 Å². The van der Waals surface area contributed by atoms with Gasteiger partial charge in [0.2, 0.25) is 5.91 Å². The van der Waals surface area contributed by atoms with E-state index in [9.17, 15) is 4.79 Å². The minimum atomic E-state index is -0.120. The number of anilines is 1. The second-order valence-electron chi connectivity index (χ2n) is 4.21. The lowest BCUT2D eigenvalue weighted by atomic mass is 10.2. The van der Waals surface area contributed by atoms with E-state index in [0.717, 1.165) is 14.4 Å². The van der Waals surface area contributed by atoms with E-state index in [1.807, 2.05) is 0 Å². The smallest absolute Gasteiger partial charge is 0.234 e. The molecule has 2 aromatic rings. The van der Waals surface area contributed by atoms with Crippen LogP contribution in [-0.4, -0.2) is 41.8 Å². The lowest BCUT2D eigenvalue weighted by Crippen LogP contribution is -2.14. The molecule has 0 fully saturated rings. The first kappa shape index (κ1) is 17.9. The number of nitrogens with zero attached hydrogens (tertiary/aromatic N) is 2. The normalized spacial score (nSPS) is 10.4. The summed E-state index contributed by atoms with van der Waals surface area (Å²) in [6.07, 6.45) is 0. The molecular formula is C14H17N3O3S3.